The predicted molar refractivity (Wildman–Crippen MR) is 85.4 cm³/mol. The number of nitrogens with zero attached hydrogens (tertiary/aromatic N) is 1. The van der Waals surface area contributed by atoms with Crippen LogP contribution >= 0.6 is 23.4 Å². The van der Waals surface area contributed by atoms with Gasteiger partial charge in [0.25, 0.3) is 0 Å². The van der Waals surface area contributed by atoms with Gasteiger partial charge in [-0.05, 0) is 43.0 Å². The van der Waals surface area contributed by atoms with Gasteiger partial charge in [0.05, 0.1) is 5.69 Å². The molecule has 19 heavy (non-hydrogen) atoms. The monoisotopic (exact) mass is 290 g/mol. The molecule has 0 aliphatic heterocycles. The van der Waals surface area contributed by atoms with Crippen molar-refractivity contribution >= 4 is 34.2 Å². The number of hydrogen-bond acceptors (Lipinski definition) is 3. The van der Waals surface area contributed by atoms with Crippen molar-refractivity contribution < 1.29 is 0 Å². The quantitative estimate of drug-likeness (QED) is 0.500. The molecule has 4 heteroatoms. The van der Waals surface area contributed by atoms with E-state index in [2.05, 4.69) is 22.8 Å². The van der Waals surface area contributed by atoms with Crippen molar-refractivity contribution in [3.05, 3.63) is 59.7 Å². The lowest BCUT2D eigenvalue weighted by atomic mass is 10.1. The van der Waals surface area contributed by atoms with E-state index in [-0.39, 0.29) is 0 Å². The zero-order valence-corrected chi connectivity index (χ0v) is 12.4. The zero-order valence-electron chi connectivity index (χ0n) is 10.9. The lowest BCUT2D eigenvalue weighted by Gasteiger charge is -2.06. The number of anilines is 1. The minimum atomic E-state index is 0.467. The Hall–Kier alpha value is -1.45. The second-order valence-corrected chi connectivity index (χ2v) is 5.30. The molecule has 0 fully saturated rings. The molecule has 0 aliphatic carbocycles. The number of benzene rings is 2. The van der Waals surface area contributed by atoms with Gasteiger partial charge in [0.2, 0.25) is 0 Å². The summed E-state index contributed by atoms with van der Waals surface area (Å²) in [7, 11) is 0. The number of hydrazone groups is 1. The normalized spacial score (nSPS) is 11.4. The molecule has 0 saturated carbocycles. The number of rotatable bonds is 4. The summed E-state index contributed by atoms with van der Waals surface area (Å²) in [5.74, 6) is 0. The van der Waals surface area contributed by atoms with Crippen molar-refractivity contribution in [3.63, 3.8) is 0 Å². The molecular formula is C15H15ClN2S. The van der Waals surface area contributed by atoms with Gasteiger partial charge in [0.1, 0.15) is 0 Å². The standard InChI is InChI=1S/C15H15ClN2S/c1-11-10-13(19-2)8-9-14(11)15(16)18-17-12-6-4-3-5-7-12/h3-10,17H,1-2H3. The van der Waals surface area contributed by atoms with Crippen LogP contribution in [-0.4, -0.2) is 11.4 Å². The molecule has 2 rings (SSSR count). The van der Waals surface area contributed by atoms with E-state index in [1.807, 2.05) is 49.4 Å². The summed E-state index contributed by atoms with van der Waals surface area (Å²) in [5.41, 5.74) is 5.93. The molecule has 2 nitrogen and oxygen atoms in total. The Labute approximate surface area is 122 Å². The largest absolute Gasteiger partial charge is 0.277 e. The Morgan fingerprint density at radius 2 is 1.89 bits per heavy atom. The van der Waals surface area contributed by atoms with Crippen molar-refractivity contribution in [2.75, 3.05) is 11.7 Å². The average molecular weight is 291 g/mol. The SMILES string of the molecule is CSc1ccc(C(Cl)=NNc2ccccc2)c(C)c1. The molecule has 0 aromatic heterocycles. The third-order valence-electron chi connectivity index (χ3n) is 2.71. The van der Waals surface area contributed by atoms with Gasteiger partial charge in [-0.25, -0.2) is 0 Å². The van der Waals surface area contributed by atoms with Gasteiger partial charge in [-0.15, -0.1) is 11.8 Å². The Kier molecular flexibility index (Phi) is 4.88. The minimum absolute atomic E-state index is 0.467. The number of thioether (sulfide) groups is 1. The first-order chi connectivity index (χ1) is 9.20. The van der Waals surface area contributed by atoms with Crippen molar-refractivity contribution in [2.45, 2.75) is 11.8 Å². The van der Waals surface area contributed by atoms with E-state index in [0.717, 1.165) is 16.8 Å². The van der Waals surface area contributed by atoms with Gasteiger partial charge in [-0.1, -0.05) is 35.9 Å². The van der Waals surface area contributed by atoms with Crippen LogP contribution in [0.1, 0.15) is 11.1 Å². The van der Waals surface area contributed by atoms with E-state index >= 15 is 0 Å². The van der Waals surface area contributed by atoms with E-state index < -0.39 is 0 Å². The lowest BCUT2D eigenvalue weighted by Crippen LogP contribution is -1.99. The highest BCUT2D eigenvalue weighted by molar-refractivity contribution is 7.98. The minimum Gasteiger partial charge on any atom is -0.277 e. The maximum atomic E-state index is 6.24. The van der Waals surface area contributed by atoms with Crippen molar-refractivity contribution in [2.24, 2.45) is 5.10 Å². The molecule has 98 valence electrons. The van der Waals surface area contributed by atoms with Crippen LogP contribution in [0.15, 0.2) is 58.5 Å². The molecular weight excluding hydrogens is 276 g/mol. The molecule has 1 N–H and O–H groups in total. The third-order valence-corrected chi connectivity index (χ3v) is 3.73. The molecule has 0 aliphatic rings. The van der Waals surface area contributed by atoms with Gasteiger partial charge < -0.3 is 0 Å². The van der Waals surface area contributed by atoms with E-state index in [0.29, 0.717) is 5.17 Å². The van der Waals surface area contributed by atoms with Crippen LogP contribution in [0.3, 0.4) is 0 Å². The summed E-state index contributed by atoms with van der Waals surface area (Å²) in [6.07, 6.45) is 2.06. The lowest BCUT2D eigenvalue weighted by molar-refractivity contribution is 1.31. The molecule has 0 radical (unpaired) electrons. The van der Waals surface area contributed by atoms with Crippen LogP contribution in [0.4, 0.5) is 5.69 Å². The van der Waals surface area contributed by atoms with Crippen molar-refractivity contribution in [1.29, 1.82) is 0 Å². The van der Waals surface area contributed by atoms with E-state index in [1.165, 1.54) is 4.90 Å². The van der Waals surface area contributed by atoms with E-state index in [9.17, 15) is 0 Å². The summed E-state index contributed by atoms with van der Waals surface area (Å²) in [5, 5.41) is 4.67. The van der Waals surface area contributed by atoms with Gasteiger partial charge in [-0.3, -0.25) is 5.43 Å². The van der Waals surface area contributed by atoms with E-state index in [1.54, 1.807) is 11.8 Å². The molecule has 0 amide bonds. The average Bonchev–Trinajstić information content (AvgIpc) is 2.45. The molecule has 2 aromatic rings. The fraction of sp³-hybridized carbons (Fsp3) is 0.133. The van der Waals surface area contributed by atoms with E-state index in [4.69, 9.17) is 11.6 Å². The van der Waals surface area contributed by atoms with Crippen LogP contribution < -0.4 is 5.43 Å². The highest BCUT2D eigenvalue weighted by atomic mass is 35.5. The number of aryl methyl sites for hydroxylation is 1. The highest BCUT2D eigenvalue weighted by Crippen LogP contribution is 2.20. The second kappa shape index (κ2) is 6.64. The second-order valence-electron chi connectivity index (χ2n) is 4.06. The first-order valence-corrected chi connectivity index (χ1v) is 7.50. The first kappa shape index (κ1) is 14.0. The Bertz CT molecular complexity index is 582. The molecule has 0 heterocycles. The van der Waals surface area contributed by atoms with Crippen LogP contribution in [0.5, 0.6) is 0 Å². The number of para-hydroxylation sites is 1. The summed E-state index contributed by atoms with van der Waals surface area (Å²) < 4.78 is 0. The van der Waals surface area contributed by atoms with Gasteiger partial charge in [0, 0.05) is 10.5 Å². The van der Waals surface area contributed by atoms with Gasteiger partial charge in [0.15, 0.2) is 5.17 Å². The van der Waals surface area contributed by atoms with Gasteiger partial charge >= 0.3 is 0 Å². The summed E-state index contributed by atoms with van der Waals surface area (Å²) >= 11 is 7.95. The highest BCUT2D eigenvalue weighted by Gasteiger charge is 2.05. The van der Waals surface area contributed by atoms with Crippen LogP contribution in [0, 0.1) is 6.92 Å². The Morgan fingerprint density at radius 1 is 1.16 bits per heavy atom. The van der Waals surface area contributed by atoms with Crippen molar-refractivity contribution in [1.82, 2.24) is 0 Å². The fourth-order valence-corrected chi connectivity index (χ4v) is 2.43. The molecule has 0 unspecified atom stereocenters. The maximum Gasteiger partial charge on any atom is 0.156 e. The first-order valence-electron chi connectivity index (χ1n) is 5.90. The predicted octanol–water partition coefficient (Wildman–Crippen LogP) is 4.73. The van der Waals surface area contributed by atoms with Gasteiger partial charge in [-0.2, -0.15) is 5.10 Å². The molecule has 0 saturated heterocycles. The zero-order chi connectivity index (χ0) is 13.7. The Balaban J connectivity index is 2.17. The maximum absolute atomic E-state index is 6.24. The number of halogens is 1. The summed E-state index contributed by atoms with van der Waals surface area (Å²) in [6, 6.07) is 15.9. The third kappa shape index (κ3) is 3.75. The summed E-state index contributed by atoms with van der Waals surface area (Å²) in [6.45, 7) is 2.04. The number of hydrogen-bond donors (Lipinski definition) is 1. The van der Waals surface area contributed by atoms with Crippen LogP contribution in [0.2, 0.25) is 0 Å². The molecule has 0 bridgehead atoms. The van der Waals surface area contributed by atoms with Crippen LogP contribution in [0.25, 0.3) is 0 Å². The Morgan fingerprint density at radius 3 is 2.53 bits per heavy atom. The van der Waals surface area contributed by atoms with Crippen LogP contribution in [-0.2, 0) is 0 Å². The summed E-state index contributed by atoms with van der Waals surface area (Å²) in [4.78, 5) is 1.22. The smallest absolute Gasteiger partial charge is 0.156 e. The van der Waals surface area contributed by atoms with Crippen molar-refractivity contribution in [3.8, 4) is 0 Å². The fourth-order valence-electron chi connectivity index (χ4n) is 1.68. The molecule has 0 atom stereocenters. The number of nitrogens with one attached hydrogen (secondary N) is 1. The molecule has 2 aromatic carbocycles. The topological polar surface area (TPSA) is 24.4 Å². The molecule has 0 spiro atoms.